The fourth-order valence-corrected chi connectivity index (χ4v) is 1.69. The maximum atomic E-state index is 11.7. The topological polar surface area (TPSA) is 74.2 Å². The van der Waals surface area contributed by atoms with Crippen molar-refractivity contribution in [3.8, 4) is 0 Å². The van der Waals surface area contributed by atoms with E-state index in [1.807, 2.05) is 0 Å². The van der Waals surface area contributed by atoms with E-state index in [9.17, 15) is 9.90 Å². The van der Waals surface area contributed by atoms with Crippen LogP contribution < -0.4 is 10.6 Å². The van der Waals surface area contributed by atoms with Crippen molar-refractivity contribution in [1.29, 1.82) is 0 Å². The van der Waals surface area contributed by atoms with Gasteiger partial charge in [0.2, 0.25) is 0 Å². The van der Waals surface area contributed by atoms with Gasteiger partial charge in [-0.25, -0.2) is 9.78 Å². The van der Waals surface area contributed by atoms with Crippen LogP contribution in [0.15, 0.2) is 42.6 Å². The summed E-state index contributed by atoms with van der Waals surface area (Å²) in [5.74, 6) is 0.410. The molecule has 0 saturated carbocycles. The van der Waals surface area contributed by atoms with Crippen LogP contribution >= 0.6 is 11.6 Å². The number of amides is 2. The van der Waals surface area contributed by atoms with Crippen molar-refractivity contribution in [3.63, 3.8) is 0 Å². The molecule has 3 N–H and O–H groups in total. The number of pyridine rings is 1. The van der Waals surface area contributed by atoms with E-state index in [0.29, 0.717) is 16.5 Å². The number of aliphatic hydroxyl groups excluding tert-OH is 1. The summed E-state index contributed by atoms with van der Waals surface area (Å²) >= 11 is 5.71. The Labute approximate surface area is 121 Å². The number of aliphatic hydroxyl groups is 1. The molecule has 6 heteroatoms. The number of carbonyl (C=O) groups excluding carboxylic acids is 1. The number of carbonyl (C=O) groups is 1. The summed E-state index contributed by atoms with van der Waals surface area (Å²) in [4.78, 5) is 15.7. The van der Waals surface area contributed by atoms with E-state index in [1.165, 1.54) is 6.20 Å². The van der Waals surface area contributed by atoms with E-state index >= 15 is 0 Å². The lowest BCUT2D eigenvalue weighted by Gasteiger charge is -2.09. The predicted octanol–water partition coefficient (Wildman–Crippen LogP) is 3.43. The second-order valence-corrected chi connectivity index (χ2v) is 4.68. The SMILES string of the molecule is CC(O)c1ccc(NC(=O)Nc2ccc(Cl)cn2)cc1. The van der Waals surface area contributed by atoms with Crippen LogP contribution in [0.1, 0.15) is 18.6 Å². The van der Waals surface area contributed by atoms with Crippen molar-refractivity contribution >= 4 is 29.1 Å². The summed E-state index contributed by atoms with van der Waals surface area (Å²) < 4.78 is 0. The van der Waals surface area contributed by atoms with Crippen molar-refractivity contribution < 1.29 is 9.90 Å². The van der Waals surface area contributed by atoms with Gasteiger partial charge in [0, 0.05) is 11.9 Å². The quantitative estimate of drug-likeness (QED) is 0.811. The Balaban J connectivity index is 1.95. The van der Waals surface area contributed by atoms with Crippen molar-refractivity contribution in [2.45, 2.75) is 13.0 Å². The van der Waals surface area contributed by atoms with E-state index in [4.69, 9.17) is 11.6 Å². The lowest BCUT2D eigenvalue weighted by molar-refractivity contribution is 0.199. The van der Waals surface area contributed by atoms with Gasteiger partial charge in [0.1, 0.15) is 5.82 Å². The summed E-state index contributed by atoms with van der Waals surface area (Å²) in [5, 5.41) is 15.2. The van der Waals surface area contributed by atoms with Gasteiger partial charge < -0.3 is 10.4 Å². The van der Waals surface area contributed by atoms with Gasteiger partial charge in [-0.05, 0) is 36.8 Å². The Morgan fingerprint density at radius 2 is 1.90 bits per heavy atom. The summed E-state index contributed by atoms with van der Waals surface area (Å²) in [5.41, 5.74) is 1.41. The van der Waals surface area contributed by atoms with Gasteiger partial charge in [-0.1, -0.05) is 23.7 Å². The zero-order valence-electron chi connectivity index (χ0n) is 10.8. The lowest BCUT2D eigenvalue weighted by Crippen LogP contribution is -2.20. The minimum atomic E-state index is -0.531. The van der Waals surface area contributed by atoms with Crippen LogP contribution in [0.25, 0.3) is 0 Å². The molecule has 1 unspecified atom stereocenters. The highest BCUT2D eigenvalue weighted by Crippen LogP contribution is 2.16. The van der Waals surface area contributed by atoms with Crippen LogP contribution in [0.2, 0.25) is 5.02 Å². The number of hydrogen-bond acceptors (Lipinski definition) is 3. The molecule has 0 aliphatic carbocycles. The Hall–Kier alpha value is -2.11. The third kappa shape index (κ3) is 3.94. The Bertz CT molecular complexity index is 582. The molecule has 1 aromatic carbocycles. The molecule has 1 heterocycles. The van der Waals surface area contributed by atoms with Crippen LogP contribution in [0, 0.1) is 0 Å². The molecule has 1 aromatic heterocycles. The Morgan fingerprint density at radius 3 is 2.45 bits per heavy atom. The standard InChI is InChI=1S/C14H14ClN3O2/c1-9(19)10-2-5-12(6-3-10)17-14(20)18-13-7-4-11(15)8-16-13/h2-9,19H,1H3,(H2,16,17,18,20). The molecule has 2 amide bonds. The molecular formula is C14H14ClN3O2. The lowest BCUT2D eigenvalue weighted by atomic mass is 10.1. The molecule has 0 spiro atoms. The minimum Gasteiger partial charge on any atom is -0.389 e. The van der Waals surface area contributed by atoms with E-state index < -0.39 is 12.1 Å². The first-order valence-electron chi connectivity index (χ1n) is 6.02. The summed E-state index contributed by atoms with van der Waals surface area (Å²) in [6.45, 7) is 1.68. The fraction of sp³-hybridized carbons (Fsp3) is 0.143. The fourth-order valence-electron chi connectivity index (χ4n) is 1.57. The van der Waals surface area contributed by atoms with Crippen LogP contribution in [-0.2, 0) is 0 Å². The maximum Gasteiger partial charge on any atom is 0.324 e. The normalized spacial score (nSPS) is 11.8. The number of nitrogens with one attached hydrogen (secondary N) is 2. The number of nitrogens with zero attached hydrogens (tertiary/aromatic N) is 1. The molecule has 104 valence electrons. The number of aromatic nitrogens is 1. The van der Waals surface area contributed by atoms with Gasteiger partial charge in [0.25, 0.3) is 0 Å². The van der Waals surface area contributed by atoms with E-state index in [0.717, 1.165) is 5.56 Å². The molecule has 0 bridgehead atoms. The molecule has 20 heavy (non-hydrogen) atoms. The Kier molecular flexibility index (Phi) is 4.55. The van der Waals surface area contributed by atoms with Crippen molar-refractivity contribution in [1.82, 2.24) is 4.98 Å². The molecule has 0 saturated heterocycles. The van der Waals surface area contributed by atoms with Crippen molar-refractivity contribution in [3.05, 3.63) is 53.2 Å². The van der Waals surface area contributed by atoms with Crippen molar-refractivity contribution in [2.75, 3.05) is 10.6 Å². The third-order valence-electron chi connectivity index (χ3n) is 2.62. The number of anilines is 2. The van der Waals surface area contributed by atoms with Crippen LogP contribution in [0.5, 0.6) is 0 Å². The molecule has 1 atom stereocenters. The largest absolute Gasteiger partial charge is 0.389 e. The van der Waals surface area contributed by atoms with E-state index in [1.54, 1.807) is 43.3 Å². The first kappa shape index (κ1) is 14.3. The highest BCUT2D eigenvalue weighted by atomic mass is 35.5. The van der Waals surface area contributed by atoms with Crippen LogP contribution in [0.4, 0.5) is 16.3 Å². The van der Waals surface area contributed by atoms with Gasteiger partial charge in [-0.3, -0.25) is 5.32 Å². The zero-order valence-corrected chi connectivity index (χ0v) is 11.6. The second kappa shape index (κ2) is 6.36. The molecule has 2 aromatic rings. The second-order valence-electron chi connectivity index (χ2n) is 4.24. The Morgan fingerprint density at radius 1 is 1.20 bits per heavy atom. The number of rotatable bonds is 3. The first-order valence-corrected chi connectivity index (χ1v) is 6.40. The molecule has 2 rings (SSSR count). The van der Waals surface area contributed by atoms with Gasteiger partial charge in [-0.2, -0.15) is 0 Å². The molecule has 0 aliphatic heterocycles. The molecule has 5 nitrogen and oxygen atoms in total. The summed E-state index contributed by atoms with van der Waals surface area (Å²) in [6, 6.07) is 9.79. The smallest absolute Gasteiger partial charge is 0.324 e. The maximum absolute atomic E-state index is 11.7. The highest BCUT2D eigenvalue weighted by Gasteiger charge is 2.05. The highest BCUT2D eigenvalue weighted by molar-refractivity contribution is 6.30. The molecular weight excluding hydrogens is 278 g/mol. The minimum absolute atomic E-state index is 0.399. The molecule has 0 radical (unpaired) electrons. The molecule has 0 fully saturated rings. The zero-order chi connectivity index (χ0) is 14.5. The van der Waals surface area contributed by atoms with E-state index in [-0.39, 0.29) is 0 Å². The van der Waals surface area contributed by atoms with Crippen LogP contribution in [0.3, 0.4) is 0 Å². The van der Waals surface area contributed by atoms with Crippen LogP contribution in [-0.4, -0.2) is 16.1 Å². The van der Waals surface area contributed by atoms with E-state index in [2.05, 4.69) is 15.6 Å². The van der Waals surface area contributed by atoms with Gasteiger partial charge in [0.05, 0.1) is 11.1 Å². The first-order chi connectivity index (χ1) is 9.54. The number of benzene rings is 1. The average Bonchev–Trinajstić information content (AvgIpc) is 2.42. The number of halogens is 1. The van der Waals surface area contributed by atoms with Crippen molar-refractivity contribution in [2.24, 2.45) is 0 Å². The molecule has 0 aliphatic rings. The predicted molar refractivity (Wildman–Crippen MR) is 79.0 cm³/mol. The van der Waals surface area contributed by atoms with Gasteiger partial charge in [-0.15, -0.1) is 0 Å². The summed E-state index contributed by atoms with van der Waals surface area (Å²) in [7, 11) is 0. The van der Waals surface area contributed by atoms with Gasteiger partial charge in [0.15, 0.2) is 0 Å². The summed E-state index contributed by atoms with van der Waals surface area (Å²) in [6.07, 6.45) is 0.922. The monoisotopic (exact) mass is 291 g/mol. The third-order valence-corrected chi connectivity index (χ3v) is 2.84. The average molecular weight is 292 g/mol. The number of hydrogen-bond donors (Lipinski definition) is 3. The van der Waals surface area contributed by atoms with Gasteiger partial charge >= 0.3 is 6.03 Å². The number of urea groups is 1.